The molecule has 0 bridgehead atoms. The zero-order chi connectivity index (χ0) is 18.7. The fraction of sp³-hybridized carbons (Fsp3) is 0.158. The van der Waals surface area contributed by atoms with Crippen molar-refractivity contribution in [2.45, 2.75) is 0 Å². The van der Waals surface area contributed by atoms with Crippen LogP contribution in [0.1, 0.15) is 10.4 Å². The van der Waals surface area contributed by atoms with Crippen molar-refractivity contribution in [2.75, 3.05) is 27.1 Å². The molecular weight excluding hydrogens is 336 g/mol. The lowest BCUT2D eigenvalue weighted by atomic mass is 9.94. The number of aromatic nitrogens is 1. The van der Waals surface area contributed by atoms with E-state index in [2.05, 4.69) is 4.98 Å². The Morgan fingerprint density at radius 1 is 1.08 bits per heavy atom. The number of benzene rings is 2. The minimum atomic E-state index is 0.357. The van der Waals surface area contributed by atoms with E-state index >= 15 is 0 Å². The highest BCUT2D eigenvalue weighted by molar-refractivity contribution is 5.97. The molecule has 2 aromatic carbocycles. The van der Waals surface area contributed by atoms with E-state index in [9.17, 15) is 4.79 Å². The standard InChI is InChI=1S/C19H18N2O5/c1-23-15-7-12(9-22)17(19(25-3)18(15)24-2)13-6-11(4-5-14(13)20)16-8-21-10-26-16/h4-10H,20H2,1-3H3. The molecule has 0 radical (unpaired) electrons. The summed E-state index contributed by atoms with van der Waals surface area (Å²) >= 11 is 0. The average molecular weight is 354 g/mol. The molecule has 0 saturated heterocycles. The van der Waals surface area contributed by atoms with Crippen molar-refractivity contribution in [1.29, 1.82) is 0 Å². The summed E-state index contributed by atoms with van der Waals surface area (Å²) in [7, 11) is 4.48. The predicted octanol–water partition coefficient (Wildman–Crippen LogP) is 3.43. The van der Waals surface area contributed by atoms with Crippen LogP contribution in [-0.4, -0.2) is 32.6 Å². The highest BCUT2D eigenvalue weighted by Crippen LogP contribution is 2.48. The van der Waals surface area contributed by atoms with Gasteiger partial charge in [0.05, 0.1) is 27.5 Å². The van der Waals surface area contributed by atoms with Gasteiger partial charge in [0.2, 0.25) is 5.75 Å². The van der Waals surface area contributed by atoms with Gasteiger partial charge in [-0.1, -0.05) is 0 Å². The maximum Gasteiger partial charge on any atom is 0.203 e. The normalized spacial score (nSPS) is 10.4. The molecule has 0 fully saturated rings. The maximum absolute atomic E-state index is 11.7. The van der Waals surface area contributed by atoms with Gasteiger partial charge in [-0.25, -0.2) is 4.98 Å². The molecule has 7 nitrogen and oxygen atoms in total. The van der Waals surface area contributed by atoms with Crippen LogP contribution in [0, 0.1) is 0 Å². The van der Waals surface area contributed by atoms with Crippen LogP contribution in [0.3, 0.4) is 0 Å². The van der Waals surface area contributed by atoms with Gasteiger partial charge in [0.15, 0.2) is 29.9 Å². The molecule has 0 amide bonds. The number of hydrogen-bond donors (Lipinski definition) is 1. The van der Waals surface area contributed by atoms with Crippen molar-refractivity contribution < 1.29 is 23.4 Å². The van der Waals surface area contributed by atoms with E-state index in [0.29, 0.717) is 45.4 Å². The highest BCUT2D eigenvalue weighted by Gasteiger charge is 2.23. The third-order valence-electron chi connectivity index (χ3n) is 4.03. The van der Waals surface area contributed by atoms with E-state index in [-0.39, 0.29) is 0 Å². The summed E-state index contributed by atoms with van der Waals surface area (Å²) in [5.74, 6) is 1.70. The van der Waals surface area contributed by atoms with Crippen molar-refractivity contribution in [1.82, 2.24) is 4.98 Å². The molecule has 26 heavy (non-hydrogen) atoms. The summed E-state index contributed by atoms with van der Waals surface area (Å²) < 4.78 is 21.6. The highest BCUT2D eigenvalue weighted by atomic mass is 16.5. The third-order valence-corrected chi connectivity index (χ3v) is 4.03. The number of methoxy groups -OCH3 is 3. The monoisotopic (exact) mass is 354 g/mol. The largest absolute Gasteiger partial charge is 0.493 e. The Hall–Kier alpha value is -3.48. The molecule has 1 heterocycles. The van der Waals surface area contributed by atoms with Crippen LogP contribution in [0.2, 0.25) is 0 Å². The molecule has 0 aliphatic heterocycles. The van der Waals surface area contributed by atoms with Gasteiger partial charge in [-0.15, -0.1) is 0 Å². The van der Waals surface area contributed by atoms with Crippen LogP contribution in [0.4, 0.5) is 5.69 Å². The minimum Gasteiger partial charge on any atom is -0.493 e. The smallest absolute Gasteiger partial charge is 0.203 e. The Balaban J connectivity index is 2.32. The fourth-order valence-corrected chi connectivity index (χ4v) is 2.83. The number of nitrogens with two attached hydrogens (primary N) is 1. The lowest BCUT2D eigenvalue weighted by Crippen LogP contribution is -2.02. The van der Waals surface area contributed by atoms with E-state index < -0.39 is 0 Å². The molecular formula is C19H18N2O5. The number of ether oxygens (including phenoxy) is 3. The van der Waals surface area contributed by atoms with Crippen LogP contribution >= 0.6 is 0 Å². The van der Waals surface area contributed by atoms with E-state index in [1.807, 2.05) is 12.1 Å². The lowest BCUT2D eigenvalue weighted by Gasteiger charge is -2.19. The lowest BCUT2D eigenvalue weighted by molar-refractivity contribution is 0.112. The van der Waals surface area contributed by atoms with Crippen molar-refractivity contribution in [3.8, 4) is 39.7 Å². The SMILES string of the molecule is COc1cc(C=O)c(-c2cc(-c3cnco3)ccc2N)c(OC)c1OC. The van der Waals surface area contributed by atoms with Crippen LogP contribution in [0.15, 0.2) is 41.3 Å². The van der Waals surface area contributed by atoms with E-state index in [1.165, 1.54) is 27.7 Å². The van der Waals surface area contributed by atoms with Gasteiger partial charge in [-0.3, -0.25) is 4.79 Å². The number of nitrogens with zero attached hydrogens (tertiary/aromatic N) is 1. The second-order valence-corrected chi connectivity index (χ2v) is 5.40. The number of carbonyl (C=O) groups excluding carboxylic acids is 1. The number of anilines is 1. The van der Waals surface area contributed by atoms with Gasteiger partial charge in [-0.05, 0) is 24.3 Å². The molecule has 2 N–H and O–H groups in total. The molecule has 0 unspecified atom stereocenters. The zero-order valence-corrected chi connectivity index (χ0v) is 14.6. The van der Waals surface area contributed by atoms with Crippen LogP contribution in [-0.2, 0) is 0 Å². The number of carbonyl (C=O) groups is 1. The molecule has 0 saturated carbocycles. The predicted molar refractivity (Wildman–Crippen MR) is 96.8 cm³/mol. The molecule has 3 aromatic rings. The Labute approximate surface area is 150 Å². The summed E-state index contributed by atoms with van der Waals surface area (Å²) in [6.45, 7) is 0. The number of oxazole rings is 1. The first kappa shape index (κ1) is 17.3. The third kappa shape index (κ3) is 2.83. The van der Waals surface area contributed by atoms with E-state index in [4.69, 9.17) is 24.4 Å². The first-order valence-electron chi connectivity index (χ1n) is 7.71. The second-order valence-electron chi connectivity index (χ2n) is 5.40. The first-order valence-corrected chi connectivity index (χ1v) is 7.71. The Morgan fingerprint density at radius 2 is 1.85 bits per heavy atom. The van der Waals surface area contributed by atoms with Gasteiger partial charge in [-0.2, -0.15) is 0 Å². The average Bonchev–Trinajstić information content (AvgIpc) is 3.21. The Bertz CT molecular complexity index is 936. The second kappa shape index (κ2) is 7.18. The summed E-state index contributed by atoms with van der Waals surface area (Å²) in [5.41, 5.74) is 8.92. The first-order chi connectivity index (χ1) is 12.6. The van der Waals surface area contributed by atoms with Crippen LogP contribution in [0.25, 0.3) is 22.5 Å². The molecule has 134 valence electrons. The van der Waals surface area contributed by atoms with Crippen molar-refractivity contribution >= 4 is 12.0 Å². The number of nitrogen functional groups attached to an aromatic ring is 1. The molecule has 0 atom stereocenters. The summed E-state index contributed by atoms with van der Waals surface area (Å²) in [6.07, 6.45) is 3.67. The van der Waals surface area contributed by atoms with Crippen molar-refractivity contribution in [3.05, 3.63) is 42.4 Å². The van der Waals surface area contributed by atoms with Crippen molar-refractivity contribution in [2.24, 2.45) is 0 Å². The van der Waals surface area contributed by atoms with E-state index in [1.54, 1.807) is 18.3 Å². The molecule has 1 aromatic heterocycles. The fourth-order valence-electron chi connectivity index (χ4n) is 2.83. The Kier molecular flexibility index (Phi) is 4.79. The number of hydrogen-bond acceptors (Lipinski definition) is 7. The molecule has 3 rings (SSSR count). The van der Waals surface area contributed by atoms with E-state index in [0.717, 1.165) is 11.8 Å². The number of rotatable bonds is 6. The molecule has 7 heteroatoms. The van der Waals surface area contributed by atoms with Gasteiger partial charge < -0.3 is 24.4 Å². The summed E-state index contributed by atoms with van der Waals surface area (Å²) in [4.78, 5) is 15.7. The maximum atomic E-state index is 11.7. The molecule has 0 aliphatic carbocycles. The molecule has 0 aliphatic rings. The van der Waals surface area contributed by atoms with Crippen LogP contribution < -0.4 is 19.9 Å². The summed E-state index contributed by atoms with van der Waals surface area (Å²) in [5, 5.41) is 0. The summed E-state index contributed by atoms with van der Waals surface area (Å²) in [6, 6.07) is 6.95. The van der Waals surface area contributed by atoms with Crippen LogP contribution in [0.5, 0.6) is 17.2 Å². The number of aldehydes is 1. The Morgan fingerprint density at radius 3 is 2.42 bits per heavy atom. The quantitative estimate of drug-likeness (QED) is 0.535. The van der Waals surface area contributed by atoms with Gasteiger partial charge in [0.1, 0.15) is 0 Å². The van der Waals surface area contributed by atoms with Gasteiger partial charge in [0.25, 0.3) is 0 Å². The van der Waals surface area contributed by atoms with Crippen molar-refractivity contribution in [3.63, 3.8) is 0 Å². The minimum absolute atomic E-state index is 0.357. The van der Waals surface area contributed by atoms with Gasteiger partial charge >= 0.3 is 0 Å². The topological polar surface area (TPSA) is 96.8 Å². The molecule has 0 spiro atoms. The zero-order valence-electron chi connectivity index (χ0n) is 14.6. The van der Waals surface area contributed by atoms with Gasteiger partial charge in [0, 0.05) is 27.9 Å².